The molecule has 0 radical (unpaired) electrons. The van der Waals surface area contributed by atoms with Gasteiger partial charge in [0, 0.05) is 52.8 Å². The summed E-state index contributed by atoms with van der Waals surface area (Å²) < 4.78 is 4.78. The van der Waals surface area contributed by atoms with Crippen LogP contribution in [0.3, 0.4) is 0 Å². The number of nitrogens with zero attached hydrogens (tertiary/aromatic N) is 4. The number of amides is 4. The van der Waals surface area contributed by atoms with Gasteiger partial charge in [-0.1, -0.05) is 0 Å². The van der Waals surface area contributed by atoms with E-state index in [0.717, 1.165) is 13.0 Å². The normalized spacial score (nSPS) is 11.8. The van der Waals surface area contributed by atoms with Gasteiger partial charge < -0.3 is 51.3 Å². The first-order valence-corrected chi connectivity index (χ1v) is 12.7. The van der Waals surface area contributed by atoms with Crippen molar-refractivity contribution >= 4 is 40.7 Å². The SMILES string of the molecule is CN(C)CCCNC(=O)c1cc(NC(=O)c2cc(NC(=O)c3cc(NC(=O)[C@H](N)CN)cn3C)cn2C)cn1C. The Kier molecular flexibility index (Phi) is 9.87. The third kappa shape index (κ3) is 7.59. The lowest BCUT2D eigenvalue weighted by Gasteiger charge is -2.10. The molecular weight excluding hydrogens is 516 g/mol. The van der Waals surface area contributed by atoms with Crippen LogP contribution in [0.4, 0.5) is 17.1 Å². The molecule has 4 amide bonds. The molecule has 0 saturated carbocycles. The van der Waals surface area contributed by atoms with Crippen LogP contribution in [-0.4, -0.2) is 82.0 Å². The Bertz CT molecular complexity index is 1380. The third-order valence-electron chi connectivity index (χ3n) is 6.15. The van der Waals surface area contributed by atoms with E-state index in [2.05, 4.69) is 21.3 Å². The molecule has 14 heteroatoms. The van der Waals surface area contributed by atoms with Crippen LogP contribution >= 0.6 is 0 Å². The molecule has 0 unspecified atom stereocenters. The minimum atomic E-state index is -0.857. The van der Waals surface area contributed by atoms with E-state index >= 15 is 0 Å². The van der Waals surface area contributed by atoms with Crippen LogP contribution in [0.1, 0.15) is 37.9 Å². The maximum Gasteiger partial charge on any atom is 0.272 e. The summed E-state index contributed by atoms with van der Waals surface area (Å²) >= 11 is 0. The molecule has 14 nitrogen and oxygen atoms in total. The van der Waals surface area contributed by atoms with Gasteiger partial charge in [-0.25, -0.2) is 0 Å². The van der Waals surface area contributed by atoms with E-state index in [0.29, 0.717) is 35.0 Å². The third-order valence-corrected chi connectivity index (χ3v) is 6.15. The average molecular weight is 555 g/mol. The molecule has 3 heterocycles. The maximum absolute atomic E-state index is 13.0. The molecule has 0 aliphatic heterocycles. The lowest BCUT2D eigenvalue weighted by atomic mass is 10.3. The Labute approximate surface area is 232 Å². The number of nitrogens with one attached hydrogen (secondary N) is 4. The summed E-state index contributed by atoms with van der Waals surface area (Å²) in [6.07, 6.45) is 5.67. The first-order chi connectivity index (χ1) is 18.9. The van der Waals surface area contributed by atoms with Crippen LogP contribution in [0.15, 0.2) is 36.8 Å². The Morgan fingerprint density at radius 3 is 1.62 bits per heavy atom. The molecule has 0 aromatic carbocycles. The highest BCUT2D eigenvalue weighted by Gasteiger charge is 2.19. The highest BCUT2D eigenvalue weighted by molar-refractivity contribution is 6.07. The number of aryl methyl sites for hydroxylation is 3. The molecule has 3 rings (SSSR count). The lowest BCUT2D eigenvalue weighted by Crippen LogP contribution is -2.41. The number of carbonyl (C=O) groups excluding carboxylic acids is 4. The van der Waals surface area contributed by atoms with E-state index in [4.69, 9.17) is 11.5 Å². The van der Waals surface area contributed by atoms with Crippen molar-refractivity contribution in [2.24, 2.45) is 32.6 Å². The zero-order chi connectivity index (χ0) is 29.6. The lowest BCUT2D eigenvalue weighted by molar-refractivity contribution is -0.117. The van der Waals surface area contributed by atoms with Crippen molar-refractivity contribution in [3.05, 3.63) is 53.9 Å². The van der Waals surface area contributed by atoms with Gasteiger partial charge in [0.25, 0.3) is 17.7 Å². The van der Waals surface area contributed by atoms with Crippen molar-refractivity contribution in [2.45, 2.75) is 12.5 Å². The summed E-state index contributed by atoms with van der Waals surface area (Å²) in [6, 6.07) is 3.81. The van der Waals surface area contributed by atoms with Gasteiger partial charge in [0.05, 0.1) is 23.1 Å². The smallest absolute Gasteiger partial charge is 0.272 e. The summed E-state index contributed by atoms with van der Waals surface area (Å²) in [5.74, 6) is -1.53. The fourth-order valence-electron chi connectivity index (χ4n) is 4.00. The van der Waals surface area contributed by atoms with Crippen LogP contribution in [0.25, 0.3) is 0 Å². The Morgan fingerprint density at radius 2 is 1.20 bits per heavy atom. The van der Waals surface area contributed by atoms with Crippen molar-refractivity contribution in [3.63, 3.8) is 0 Å². The second kappa shape index (κ2) is 13.1. The highest BCUT2D eigenvalue weighted by atomic mass is 16.2. The summed E-state index contributed by atoms with van der Waals surface area (Å²) in [5, 5.41) is 11.1. The van der Waals surface area contributed by atoms with E-state index in [-0.39, 0.29) is 18.1 Å². The van der Waals surface area contributed by atoms with Crippen molar-refractivity contribution in [1.82, 2.24) is 23.9 Å². The number of hydrogen-bond donors (Lipinski definition) is 6. The molecule has 0 bridgehead atoms. The van der Waals surface area contributed by atoms with Gasteiger partial charge in [0.1, 0.15) is 17.1 Å². The fraction of sp³-hybridized carbons (Fsp3) is 0.385. The first-order valence-electron chi connectivity index (χ1n) is 12.7. The molecule has 3 aromatic rings. The molecule has 0 fully saturated rings. The Morgan fingerprint density at radius 1 is 0.775 bits per heavy atom. The number of rotatable bonds is 12. The van der Waals surface area contributed by atoms with Crippen LogP contribution in [-0.2, 0) is 25.9 Å². The Balaban J connectivity index is 1.63. The largest absolute Gasteiger partial charge is 0.351 e. The van der Waals surface area contributed by atoms with Gasteiger partial charge in [0.15, 0.2) is 0 Å². The molecule has 216 valence electrons. The van der Waals surface area contributed by atoms with Gasteiger partial charge in [0.2, 0.25) is 5.91 Å². The van der Waals surface area contributed by atoms with Crippen molar-refractivity contribution < 1.29 is 19.2 Å². The summed E-state index contributed by atoms with van der Waals surface area (Å²) in [7, 11) is 9.02. The molecule has 1 atom stereocenters. The number of carbonyl (C=O) groups is 4. The van der Waals surface area contributed by atoms with E-state index in [1.54, 1.807) is 65.6 Å². The van der Waals surface area contributed by atoms with Crippen LogP contribution < -0.4 is 32.7 Å². The molecule has 8 N–H and O–H groups in total. The second-order valence-corrected chi connectivity index (χ2v) is 9.83. The maximum atomic E-state index is 13.0. The monoisotopic (exact) mass is 554 g/mol. The highest BCUT2D eigenvalue weighted by Crippen LogP contribution is 2.19. The summed E-state index contributed by atoms with van der Waals surface area (Å²) in [4.78, 5) is 52.5. The average Bonchev–Trinajstić information content (AvgIpc) is 3.56. The fourth-order valence-corrected chi connectivity index (χ4v) is 4.00. The van der Waals surface area contributed by atoms with Gasteiger partial charge in [-0.15, -0.1) is 0 Å². The van der Waals surface area contributed by atoms with Gasteiger partial charge in [-0.05, 0) is 45.3 Å². The van der Waals surface area contributed by atoms with Crippen LogP contribution in [0.2, 0.25) is 0 Å². The summed E-state index contributed by atoms with van der Waals surface area (Å²) in [6.45, 7) is 1.40. The van der Waals surface area contributed by atoms with Crippen LogP contribution in [0.5, 0.6) is 0 Å². The first kappa shape index (κ1) is 30.1. The van der Waals surface area contributed by atoms with Crippen LogP contribution in [0, 0.1) is 0 Å². The van der Waals surface area contributed by atoms with Gasteiger partial charge >= 0.3 is 0 Å². The number of anilines is 3. The molecular formula is C26H38N10O4. The minimum Gasteiger partial charge on any atom is -0.351 e. The molecule has 0 spiro atoms. The van der Waals surface area contributed by atoms with Crippen molar-refractivity contribution in [3.8, 4) is 0 Å². The molecule has 0 aliphatic carbocycles. The van der Waals surface area contributed by atoms with Crippen molar-refractivity contribution in [2.75, 3.05) is 49.7 Å². The van der Waals surface area contributed by atoms with E-state index < -0.39 is 23.8 Å². The quantitative estimate of drug-likeness (QED) is 0.171. The number of nitrogens with two attached hydrogens (primary N) is 2. The molecule has 0 aliphatic rings. The molecule has 3 aromatic heterocycles. The zero-order valence-corrected chi connectivity index (χ0v) is 23.4. The topological polar surface area (TPSA) is 186 Å². The van der Waals surface area contributed by atoms with E-state index in [1.165, 1.54) is 6.07 Å². The van der Waals surface area contributed by atoms with Gasteiger partial charge in [-0.2, -0.15) is 0 Å². The Hall–Kier alpha value is -4.40. The van der Waals surface area contributed by atoms with Crippen molar-refractivity contribution in [1.29, 1.82) is 0 Å². The minimum absolute atomic E-state index is 0.00596. The number of hydrogen-bond acceptors (Lipinski definition) is 7. The zero-order valence-electron chi connectivity index (χ0n) is 23.4. The predicted octanol–water partition coefficient (Wildman–Crippen LogP) is 0.113. The van der Waals surface area contributed by atoms with Gasteiger partial charge in [-0.3, -0.25) is 19.2 Å². The summed E-state index contributed by atoms with van der Waals surface area (Å²) in [5.41, 5.74) is 13.3. The predicted molar refractivity (Wildman–Crippen MR) is 153 cm³/mol. The molecule has 40 heavy (non-hydrogen) atoms. The standard InChI is InChI=1S/C26H38N10O4/c1-33(2)8-6-7-29-24(38)20-9-17(14-34(20)3)31-26(40)22-11-18(15-36(22)5)32-25(39)21-10-16(13-35(21)4)30-23(37)19(28)12-27/h9-11,13-15,19H,6-8,12,27-28H2,1-5H3,(H,29,38)(H,30,37)(H,31,40)(H,32,39)/t19-/m1/s1. The van der Waals surface area contributed by atoms with E-state index in [1.807, 2.05) is 19.0 Å². The molecule has 0 saturated heterocycles. The number of aromatic nitrogens is 3. The van der Waals surface area contributed by atoms with E-state index in [9.17, 15) is 19.2 Å². The second-order valence-electron chi connectivity index (χ2n) is 9.83.